The van der Waals surface area contributed by atoms with E-state index in [0.717, 1.165) is 18.3 Å². The second-order valence-electron chi connectivity index (χ2n) is 4.27. The van der Waals surface area contributed by atoms with Gasteiger partial charge in [0.2, 0.25) is 0 Å². The van der Waals surface area contributed by atoms with Gasteiger partial charge in [-0.2, -0.15) is 13.2 Å². The Balaban J connectivity index is 0.00000242. The molecule has 1 aromatic heterocycles. The molecule has 1 heterocycles. The van der Waals surface area contributed by atoms with Gasteiger partial charge in [0.1, 0.15) is 23.0 Å². The van der Waals surface area contributed by atoms with Crippen molar-refractivity contribution in [2.45, 2.75) is 12.6 Å². The van der Waals surface area contributed by atoms with Crippen molar-refractivity contribution >= 4 is 12.4 Å². The van der Waals surface area contributed by atoms with E-state index in [0.29, 0.717) is 18.5 Å². The molecule has 0 atom stereocenters. The number of pyridine rings is 1. The minimum atomic E-state index is -4.56. The minimum Gasteiger partial charge on any atom is -0.457 e. The fraction of sp³-hybridized carbons (Fsp3) is 0.214. The van der Waals surface area contributed by atoms with Gasteiger partial charge in [-0.3, -0.25) is 4.98 Å². The molecule has 1 aromatic carbocycles. The normalized spacial score (nSPS) is 11.0. The smallest absolute Gasteiger partial charge is 0.433 e. The first-order chi connectivity index (χ1) is 9.90. The van der Waals surface area contributed by atoms with E-state index in [9.17, 15) is 17.6 Å². The number of rotatable bonds is 4. The number of aromatic nitrogens is 1. The van der Waals surface area contributed by atoms with Crippen molar-refractivity contribution in [3.05, 3.63) is 53.6 Å². The Morgan fingerprint density at radius 3 is 2.36 bits per heavy atom. The molecular weight excluding hydrogens is 324 g/mol. The Morgan fingerprint density at radius 1 is 1.09 bits per heavy atom. The van der Waals surface area contributed by atoms with Gasteiger partial charge in [0, 0.05) is 18.3 Å². The molecule has 3 nitrogen and oxygen atoms in total. The molecule has 0 amide bonds. The van der Waals surface area contributed by atoms with Crippen LogP contribution in [0.15, 0.2) is 36.5 Å². The number of nitrogens with two attached hydrogens (primary N) is 1. The van der Waals surface area contributed by atoms with E-state index in [-0.39, 0.29) is 23.9 Å². The van der Waals surface area contributed by atoms with Crippen LogP contribution in [-0.4, -0.2) is 11.5 Å². The Labute approximate surface area is 130 Å². The summed E-state index contributed by atoms with van der Waals surface area (Å²) in [4.78, 5) is 3.22. The van der Waals surface area contributed by atoms with Crippen LogP contribution in [0.2, 0.25) is 0 Å². The summed E-state index contributed by atoms with van der Waals surface area (Å²) in [5.41, 5.74) is 4.69. The van der Waals surface area contributed by atoms with Gasteiger partial charge in [-0.25, -0.2) is 4.39 Å². The fourth-order valence-electron chi connectivity index (χ4n) is 1.72. The maximum absolute atomic E-state index is 13.7. The van der Waals surface area contributed by atoms with Crippen molar-refractivity contribution in [2.24, 2.45) is 5.73 Å². The van der Waals surface area contributed by atoms with Crippen LogP contribution in [0, 0.1) is 5.82 Å². The maximum Gasteiger partial charge on any atom is 0.433 e. The molecule has 0 aliphatic carbocycles. The Hall–Kier alpha value is -1.86. The van der Waals surface area contributed by atoms with E-state index in [2.05, 4.69) is 4.98 Å². The highest BCUT2D eigenvalue weighted by molar-refractivity contribution is 5.85. The average Bonchev–Trinajstić information content (AvgIpc) is 2.41. The lowest BCUT2D eigenvalue weighted by molar-refractivity contribution is -0.141. The van der Waals surface area contributed by atoms with Crippen molar-refractivity contribution in [2.75, 3.05) is 6.54 Å². The Kier molecular flexibility index (Phi) is 6.13. The van der Waals surface area contributed by atoms with E-state index in [1.54, 1.807) is 0 Å². The van der Waals surface area contributed by atoms with Crippen molar-refractivity contribution in [3.8, 4) is 11.5 Å². The van der Waals surface area contributed by atoms with Crippen LogP contribution >= 0.6 is 12.4 Å². The molecule has 2 aromatic rings. The first kappa shape index (κ1) is 18.2. The number of halogens is 5. The highest BCUT2D eigenvalue weighted by atomic mass is 35.5. The summed E-state index contributed by atoms with van der Waals surface area (Å²) in [5, 5.41) is 0. The number of alkyl halides is 3. The summed E-state index contributed by atoms with van der Waals surface area (Å²) in [6.45, 7) is 0.302. The van der Waals surface area contributed by atoms with Gasteiger partial charge in [0.05, 0.1) is 0 Å². The quantitative estimate of drug-likeness (QED) is 0.860. The Bertz CT molecular complexity index is 634. The number of hydrogen-bond acceptors (Lipinski definition) is 3. The molecule has 0 radical (unpaired) electrons. The fourth-order valence-corrected chi connectivity index (χ4v) is 1.72. The molecule has 22 heavy (non-hydrogen) atoms. The van der Waals surface area contributed by atoms with Gasteiger partial charge >= 0.3 is 6.18 Å². The largest absolute Gasteiger partial charge is 0.457 e. The lowest BCUT2D eigenvalue weighted by atomic mass is 10.1. The lowest BCUT2D eigenvalue weighted by Gasteiger charge is -2.10. The summed E-state index contributed by atoms with van der Waals surface area (Å²) in [5.74, 6) is -0.473. The van der Waals surface area contributed by atoms with Crippen molar-refractivity contribution in [1.29, 1.82) is 0 Å². The predicted octanol–water partition coefficient (Wildman–Crippen LogP) is 3.95. The Morgan fingerprint density at radius 2 is 1.77 bits per heavy atom. The molecule has 0 fully saturated rings. The summed E-state index contributed by atoms with van der Waals surface area (Å²) < 4.78 is 56.5. The number of nitrogens with zero attached hydrogens (tertiary/aromatic N) is 1. The molecular formula is C14H13ClF4N2O. The van der Waals surface area contributed by atoms with E-state index in [1.165, 1.54) is 18.2 Å². The summed E-state index contributed by atoms with van der Waals surface area (Å²) >= 11 is 0. The summed E-state index contributed by atoms with van der Waals surface area (Å²) in [7, 11) is 0. The third-order valence-corrected chi connectivity index (χ3v) is 2.70. The zero-order valence-corrected chi connectivity index (χ0v) is 12.0. The third kappa shape index (κ3) is 4.57. The van der Waals surface area contributed by atoms with Crippen molar-refractivity contribution in [1.82, 2.24) is 4.98 Å². The van der Waals surface area contributed by atoms with E-state index in [4.69, 9.17) is 10.5 Å². The molecule has 0 saturated carbocycles. The molecule has 8 heteroatoms. The van der Waals surface area contributed by atoms with Gasteiger partial charge < -0.3 is 10.5 Å². The molecule has 2 N–H and O–H groups in total. The zero-order chi connectivity index (χ0) is 15.5. The van der Waals surface area contributed by atoms with Crippen LogP contribution in [0.25, 0.3) is 0 Å². The van der Waals surface area contributed by atoms with Gasteiger partial charge in [0.15, 0.2) is 0 Å². The van der Waals surface area contributed by atoms with Crippen LogP contribution in [0.4, 0.5) is 17.6 Å². The summed E-state index contributed by atoms with van der Waals surface area (Å²) in [6.07, 6.45) is -3.20. The second kappa shape index (κ2) is 7.42. The van der Waals surface area contributed by atoms with E-state index >= 15 is 0 Å². The van der Waals surface area contributed by atoms with Crippen molar-refractivity contribution < 1.29 is 22.3 Å². The van der Waals surface area contributed by atoms with Crippen LogP contribution in [0.1, 0.15) is 11.3 Å². The zero-order valence-electron chi connectivity index (χ0n) is 11.2. The molecule has 120 valence electrons. The van der Waals surface area contributed by atoms with Crippen LogP contribution in [0.3, 0.4) is 0 Å². The standard InChI is InChI=1S/C14H12F4N2O.ClH/c15-12-7-10(2-1-9(12)3-5-19)21-11-4-6-20-13(8-11)14(16,17)18;/h1-2,4,6-8H,3,5,19H2;1H. The lowest BCUT2D eigenvalue weighted by Crippen LogP contribution is -2.07. The minimum absolute atomic E-state index is 0. The number of benzene rings is 1. The number of ether oxygens (including phenoxy) is 1. The summed E-state index contributed by atoms with van der Waals surface area (Å²) in [6, 6.07) is 6.09. The van der Waals surface area contributed by atoms with Gasteiger partial charge in [0.25, 0.3) is 0 Å². The van der Waals surface area contributed by atoms with Crippen LogP contribution in [-0.2, 0) is 12.6 Å². The van der Waals surface area contributed by atoms with Gasteiger partial charge in [-0.05, 0) is 30.7 Å². The average molecular weight is 337 g/mol. The second-order valence-corrected chi connectivity index (χ2v) is 4.27. The molecule has 2 rings (SSSR count). The van der Waals surface area contributed by atoms with Crippen LogP contribution < -0.4 is 10.5 Å². The maximum atomic E-state index is 13.7. The first-order valence-corrected chi connectivity index (χ1v) is 6.10. The van der Waals surface area contributed by atoms with E-state index in [1.807, 2.05) is 0 Å². The first-order valence-electron chi connectivity index (χ1n) is 6.10. The monoisotopic (exact) mass is 336 g/mol. The van der Waals surface area contributed by atoms with Crippen molar-refractivity contribution in [3.63, 3.8) is 0 Å². The molecule has 0 bridgehead atoms. The molecule has 0 unspecified atom stereocenters. The third-order valence-electron chi connectivity index (χ3n) is 2.70. The van der Waals surface area contributed by atoms with Gasteiger partial charge in [-0.15, -0.1) is 12.4 Å². The SMILES string of the molecule is Cl.NCCc1ccc(Oc2ccnc(C(F)(F)F)c2)cc1F. The highest BCUT2D eigenvalue weighted by Crippen LogP contribution is 2.31. The van der Waals surface area contributed by atoms with Gasteiger partial charge in [-0.1, -0.05) is 6.07 Å². The van der Waals surface area contributed by atoms with Crippen LogP contribution in [0.5, 0.6) is 11.5 Å². The highest BCUT2D eigenvalue weighted by Gasteiger charge is 2.32. The predicted molar refractivity (Wildman–Crippen MR) is 75.7 cm³/mol. The molecule has 0 spiro atoms. The van der Waals surface area contributed by atoms with E-state index < -0.39 is 17.7 Å². The molecule has 0 saturated heterocycles. The number of hydrogen-bond donors (Lipinski definition) is 1. The topological polar surface area (TPSA) is 48.1 Å². The molecule has 0 aliphatic rings. The molecule has 0 aliphatic heterocycles.